The summed E-state index contributed by atoms with van der Waals surface area (Å²) in [6, 6.07) is 1.48. The maximum atomic E-state index is 14.7. The van der Waals surface area contributed by atoms with Crippen molar-refractivity contribution in [2.75, 3.05) is 7.11 Å². The molecule has 17 atom stereocenters. The Hall–Kier alpha value is -4.63. The van der Waals surface area contributed by atoms with Crippen molar-refractivity contribution in [3.05, 3.63) is 24.2 Å². The SMILES string of the molecule is COC(=O)[C@@H](OC(C)=O)[C@@H]1[C@]2(C)C[C@@]3(O)[C@@](OC(=O)C(C)C)([C@@H]2OC(C)=O)[C@@H]2O[C@]4(C)O[C@]5([C@@H](OC(C)=O)[C@@H](O)[C@@]67C[C@@]6([C@H](OC(C)=O)C(=O)O[C@@H]7c6ccoc6)[C@]25O4)[C@@]13C. The molecule has 0 unspecified atom stereocenters. The lowest BCUT2D eigenvalue weighted by Crippen LogP contribution is -2.98. The normalized spacial score (nSPS) is 49.1. The van der Waals surface area contributed by atoms with Crippen LogP contribution in [0.5, 0.6) is 0 Å². The van der Waals surface area contributed by atoms with Gasteiger partial charge >= 0.3 is 41.8 Å². The van der Waals surface area contributed by atoms with Crippen LogP contribution < -0.4 is 0 Å². The van der Waals surface area contributed by atoms with Crippen molar-refractivity contribution in [3.8, 4) is 0 Å². The first-order valence-corrected chi connectivity index (χ1v) is 20.0. The van der Waals surface area contributed by atoms with Gasteiger partial charge in [0.25, 0.3) is 5.97 Å². The predicted molar refractivity (Wildman–Crippen MR) is 191 cm³/mol. The molecule has 1 aromatic heterocycles. The van der Waals surface area contributed by atoms with E-state index in [2.05, 4.69) is 0 Å². The summed E-state index contributed by atoms with van der Waals surface area (Å²) >= 11 is 0. The highest BCUT2D eigenvalue weighted by Gasteiger charge is 3.12. The van der Waals surface area contributed by atoms with Crippen molar-refractivity contribution >= 4 is 41.8 Å². The van der Waals surface area contributed by atoms with Crippen LogP contribution in [0.2, 0.25) is 0 Å². The number of fused-ring (bicyclic) bond motifs is 3. The van der Waals surface area contributed by atoms with Crippen LogP contribution in [-0.2, 0) is 80.9 Å². The summed E-state index contributed by atoms with van der Waals surface area (Å²) in [5.74, 6) is -11.9. The van der Waals surface area contributed by atoms with Gasteiger partial charge in [0.05, 0.1) is 36.4 Å². The van der Waals surface area contributed by atoms with E-state index < -0.39 is 153 Å². The maximum Gasteiger partial charge on any atom is 0.348 e. The summed E-state index contributed by atoms with van der Waals surface area (Å²) in [4.78, 5) is 96.5. The summed E-state index contributed by atoms with van der Waals surface area (Å²) in [7, 11) is 1.03. The van der Waals surface area contributed by atoms with Crippen LogP contribution in [-0.4, -0.2) is 124 Å². The van der Waals surface area contributed by atoms with Gasteiger partial charge in [-0.15, -0.1) is 0 Å². The number of aliphatic hydroxyl groups excluding tert-OH is 1. The second kappa shape index (κ2) is 12.1. The number of cyclic esters (lactones) is 1. The highest BCUT2D eigenvalue weighted by Crippen LogP contribution is 2.96. The van der Waals surface area contributed by atoms with Crippen LogP contribution in [0.1, 0.15) is 86.8 Å². The molecule has 9 rings (SSSR count). The third-order valence-corrected chi connectivity index (χ3v) is 15.6. The molecule has 20 heteroatoms. The van der Waals surface area contributed by atoms with Gasteiger partial charge in [-0.25, -0.2) is 9.59 Å². The third-order valence-electron chi connectivity index (χ3n) is 15.6. The largest absolute Gasteiger partial charge is 0.472 e. The van der Waals surface area contributed by atoms with Crippen LogP contribution in [0.15, 0.2) is 23.0 Å². The monoisotopic (exact) mass is 860 g/mol. The lowest BCUT2D eigenvalue weighted by Gasteiger charge is -2.77. The molecule has 61 heavy (non-hydrogen) atoms. The molecule has 1 spiro atoms. The summed E-state index contributed by atoms with van der Waals surface area (Å²) in [5.41, 5.74) is -18.2. The zero-order valence-corrected chi connectivity index (χ0v) is 35.1. The Morgan fingerprint density at radius 2 is 1.51 bits per heavy atom. The Bertz CT molecular complexity index is 2190. The number of ether oxygens (including phenoxy) is 10. The van der Waals surface area contributed by atoms with E-state index in [4.69, 9.17) is 51.8 Å². The summed E-state index contributed by atoms with van der Waals surface area (Å²) in [6.07, 6.45) is -11.3. The number of methoxy groups -OCH3 is 1. The van der Waals surface area contributed by atoms with Crippen molar-refractivity contribution in [3.63, 3.8) is 0 Å². The van der Waals surface area contributed by atoms with Gasteiger partial charge in [0.2, 0.25) is 17.8 Å². The molecule has 20 nitrogen and oxygen atoms in total. The van der Waals surface area contributed by atoms with Crippen LogP contribution in [0.4, 0.5) is 0 Å². The van der Waals surface area contributed by atoms with Crippen molar-refractivity contribution in [2.24, 2.45) is 33.5 Å². The predicted octanol–water partition coefficient (Wildman–Crippen LogP) is 0.854. The Morgan fingerprint density at radius 1 is 0.869 bits per heavy atom. The first-order valence-electron chi connectivity index (χ1n) is 20.0. The fraction of sp³-hybridized carbons (Fsp3) is 0.732. The molecular formula is C41H48O20. The van der Waals surface area contributed by atoms with Gasteiger partial charge in [0.15, 0.2) is 17.8 Å². The van der Waals surface area contributed by atoms with Crippen LogP contribution in [0.25, 0.3) is 0 Å². The zero-order valence-electron chi connectivity index (χ0n) is 35.1. The van der Waals surface area contributed by atoms with E-state index in [9.17, 15) is 43.8 Å². The minimum atomic E-state index is -2.64. The third kappa shape index (κ3) is 4.17. The summed E-state index contributed by atoms with van der Waals surface area (Å²) in [5, 5.41) is 27.5. The molecule has 0 radical (unpaired) electrons. The van der Waals surface area contributed by atoms with Gasteiger partial charge in [0, 0.05) is 56.9 Å². The van der Waals surface area contributed by atoms with Gasteiger partial charge < -0.3 is 62.0 Å². The topological polar surface area (TPSA) is 265 Å². The van der Waals surface area contributed by atoms with E-state index >= 15 is 0 Å². The van der Waals surface area contributed by atoms with Crippen molar-refractivity contribution in [1.29, 1.82) is 0 Å². The lowest BCUT2D eigenvalue weighted by atomic mass is 9.33. The minimum absolute atomic E-state index is 0.229. The summed E-state index contributed by atoms with van der Waals surface area (Å²) in [6.45, 7) is 11.5. The highest BCUT2D eigenvalue weighted by atomic mass is 17.0. The number of esters is 7. The molecule has 5 saturated carbocycles. The van der Waals surface area contributed by atoms with Crippen molar-refractivity contribution in [2.45, 2.75) is 146 Å². The van der Waals surface area contributed by atoms with Crippen LogP contribution in [0, 0.1) is 33.5 Å². The molecule has 1 aromatic rings. The van der Waals surface area contributed by atoms with E-state index in [0.717, 1.165) is 34.8 Å². The maximum absolute atomic E-state index is 14.7. The number of hydrogen-bond acceptors (Lipinski definition) is 20. The Labute approximate surface area is 348 Å². The molecule has 8 fully saturated rings. The van der Waals surface area contributed by atoms with Gasteiger partial charge in [-0.3, -0.25) is 24.0 Å². The van der Waals surface area contributed by atoms with Gasteiger partial charge in [-0.2, -0.15) is 0 Å². The molecule has 8 aliphatic rings. The van der Waals surface area contributed by atoms with Gasteiger partial charge in [-0.05, 0) is 18.9 Å². The fourth-order valence-corrected chi connectivity index (χ4v) is 14.4. The van der Waals surface area contributed by atoms with Crippen molar-refractivity contribution in [1.82, 2.24) is 0 Å². The van der Waals surface area contributed by atoms with Crippen LogP contribution >= 0.6 is 0 Å². The number of furan rings is 1. The average Bonchev–Trinajstić information content (AvgIpc) is 3.50. The molecule has 332 valence electrons. The Kier molecular flexibility index (Phi) is 8.26. The molecule has 3 saturated heterocycles. The molecule has 4 heterocycles. The van der Waals surface area contributed by atoms with Gasteiger partial charge in [0.1, 0.15) is 29.5 Å². The highest BCUT2D eigenvalue weighted by molar-refractivity contribution is 5.85. The standard InChI is InChI=1S/C41H48O20/c1-16(2)28(47)58-39-31(56-20(6)45)33(7)14-38(39,50)34(8,23(33)22(29(48)51-10)53-17(3)42)40-26(54-18(4)43)24(46)36-15-37(36,41(40)32(39)59-35(9,60-40)61-41)27(55-19(5)44)30(49)57-25(36)21-11-12-52-13-21/h11-13,16,22-27,31-32,46,50H,14-15H2,1-10H3/t22-,23+,24+,25+,26-,27+,31+,32-,33-,34-,35+,36+,37-,38-,39+,40+,41+/m0/s1. The molecule has 0 aromatic carbocycles. The van der Waals surface area contributed by atoms with E-state index in [0.29, 0.717) is 0 Å². The first-order chi connectivity index (χ1) is 28.3. The quantitative estimate of drug-likeness (QED) is 0.257. The number of aliphatic hydroxyl groups is 2. The molecule has 0 amide bonds. The first kappa shape index (κ1) is 41.7. The summed E-state index contributed by atoms with van der Waals surface area (Å²) < 4.78 is 68.5. The van der Waals surface area contributed by atoms with E-state index in [-0.39, 0.29) is 12.0 Å². The number of carbonyl (C=O) groups excluding carboxylic acids is 7. The molecule has 3 aliphatic heterocycles. The van der Waals surface area contributed by atoms with Gasteiger partial charge in [-0.1, -0.05) is 27.7 Å². The fourth-order valence-electron chi connectivity index (χ4n) is 14.4. The average molecular weight is 861 g/mol. The number of rotatable bonds is 9. The van der Waals surface area contributed by atoms with E-state index in [1.54, 1.807) is 0 Å². The van der Waals surface area contributed by atoms with Crippen LogP contribution in [0.3, 0.4) is 0 Å². The molecule has 5 aliphatic carbocycles. The van der Waals surface area contributed by atoms with E-state index in [1.165, 1.54) is 53.2 Å². The lowest BCUT2D eigenvalue weighted by molar-refractivity contribution is -0.472. The van der Waals surface area contributed by atoms with Crippen molar-refractivity contribution < 1.29 is 95.6 Å². The minimum Gasteiger partial charge on any atom is -0.472 e. The van der Waals surface area contributed by atoms with E-state index in [1.807, 2.05) is 0 Å². The second-order valence-corrected chi connectivity index (χ2v) is 18.7. The Morgan fingerprint density at radius 3 is 2.07 bits per heavy atom. The number of hydrogen-bond donors (Lipinski definition) is 2. The Balaban J connectivity index is 1.48. The molecule has 4 bridgehead atoms. The molecular weight excluding hydrogens is 812 g/mol. The second-order valence-electron chi connectivity index (χ2n) is 18.7. The zero-order chi connectivity index (χ0) is 44.6. The smallest absolute Gasteiger partial charge is 0.348 e. The molecule has 2 N–H and O–H groups in total. The number of carbonyl (C=O) groups is 7.